The summed E-state index contributed by atoms with van der Waals surface area (Å²) in [6, 6.07) is 6.48. The van der Waals surface area contributed by atoms with E-state index in [1.807, 2.05) is 0 Å². The highest BCUT2D eigenvalue weighted by molar-refractivity contribution is 7.91. The summed E-state index contributed by atoms with van der Waals surface area (Å²) >= 11 is 0. The van der Waals surface area contributed by atoms with Crippen molar-refractivity contribution in [1.29, 1.82) is 0 Å². The SMILES string of the molecule is COc1cccc(S(=O)(=O)CCCCCO)c1. The van der Waals surface area contributed by atoms with E-state index in [0.717, 1.165) is 6.42 Å². The summed E-state index contributed by atoms with van der Waals surface area (Å²) in [5, 5.41) is 8.62. The fourth-order valence-corrected chi connectivity index (χ4v) is 2.89. The Morgan fingerprint density at radius 3 is 2.65 bits per heavy atom. The smallest absolute Gasteiger partial charge is 0.178 e. The Morgan fingerprint density at radius 1 is 1.24 bits per heavy atom. The van der Waals surface area contributed by atoms with Gasteiger partial charge in [-0.2, -0.15) is 0 Å². The molecular weight excluding hydrogens is 240 g/mol. The van der Waals surface area contributed by atoms with Crippen LogP contribution in [0.5, 0.6) is 5.75 Å². The van der Waals surface area contributed by atoms with Gasteiger partial charge in [-0.15, -0.1) is 0 Å². The van der Waals surface area contributed by atoms with Crippen LogP contribution in [0.2, 0.25) is 0 Å². The zero-order valence-corrected chi connectivity index (χ0v) is 10.7. The molecule has 1 N–H and O–H groups in total. The molecule has 1 rings (SSSR count). The summed E-state index contributed by atoms with van der Waals surface area (Å²) in [5.74, 6) is 0.654. The van der Waals surface area contributed by atoms with E-state index in [0.29, 0.717) is 23.5 Å². The standard InChI is InChI=1S/C12H18O4S/c1-16-11-6-5-7-12(10-11)17(14,15)9-4-2-3-8-13/h5-7,10,13H,2-4,8-9H2,1H3. The van der Waals surface area contributed by atoms with Gasteiger partial charge in [-0.25, -0.2) is 8.42 Å². The minimum atomic E-state index is -3.23. The van der Waals surface area contributed by atoms with E-state index in [2.05, 4.69) is 0 Å². The Kier molecular flexibility index (Phi) is 5.44. The topological polar surface area (TPSA) is 63.6 Å². The van der Waals surface area contributed by atoms with Crippen molar-refractivity contribution in [3.05, 3.63) is 24.3 Å². The lowest BCUT2D eigenvalue weighted by molar-refractivity contribution is 0.284. The average Bonchev–Trinajstić information content (AvgIpc) is 2.35. The Bertz CT molecular complexity index is 440. The molecule has 0 unspecified atom stereocenters. The van der Waals surface area contributed by atoms with Crippen LogP contribution < -0.4 is 4.74 Å². The predicted octanol–water partition coefficient (Wildman–Crippen LogP) is 1.63. The van der Waals surface area contributed by atoms with Gasteiger partial charge in [0.1, 0.15) is 5.75 Å². The van der Waals surface area contributed by atoms with E-state index >= 15 is 0 Å². The number of hydrogen-bond acceptors (Lipinski definition) is 4. The molecule has 0 atom stereocenters. The first-order chi connectivity index (χ1) is 8.10. The molecule has 17 heavy (non-hydrogen) atoms. The highest BCUT2D eigenvalue weighted by atomic mass is 32.2. The molecule has 5 heteroatoms. The van der Waals surface area contributed by atoms with Gasteiger partial charge in [0.05, 0.1) is 17.8 Å². The Labute approximate surface area is 102 Å². The van der Waals surface area contributed by atoms with Gasteiger partial charge in [0.2, 0.25) is 0 Å². The predicted molar refractivity (Wildman–Crippen MR) is 66.0 cm³/mol. The molecule has 1 aromatic rings. The molecule has 0 bridgehead atoms. The number of hydrogen-bond donors (Lipinski definition) is 1. The zero-order valence-electron chi connectivity index (χ0n) is 9.93. The second kappa shape index (κ2) is 6.61. The number of aliphatic hydroxyl groups is 1. The maximum absolute atomic E-state index is 11.9. The van der Waals surface area contributed by atoms with Crippen LogP contribution in [0.3, 0.4) is 0 Å². The lowest BCUT2D eigenvalue weighted by atomic mass is 10.3. The van der Waals surface area contributed by atoms with E-state index < -0.39 is 9.84 Å². The van der Waals surface area contributed by atoms with Gasteiger partial charge < -0.3 is 9.84 Å². The first kappa shape index (κ1) is 14.0. The van der Waals surface area contributed by atoms with Crippen LogP contribution >= 0.6 is 0 Å². The van der Waals surface area contributed by atoms with Gasteiger partial charge >= 0.3 is 0 Å². The summed E-state index contributed by atoms with van der Waals surface area (Å²) in [7, 11) is -1.73. The number of methoxy groups -OCH3 is 1. The fraction of sp³-hybridized carbons (Fsp3) is 0.500. The molecule has 0 aromatic heterocycles. The fourth-order valence-electron chi connectivity index (χ4n) is 1.49. The Hall–Kier alpha value is -1.07. The number of aliphatic hydroxyl groups excluding tert-OH is 1. The molecule has 0 fully saturated rings. The maximum atomic E-state index is 11.9. The Balaban J connectivity index is 2.68. The first-order valence-electron chi connectivity index (χ1n) is 5.58. The maximum Gasteiger partial charge on any atom is 0.178 e. The molecule has 0 amide bonds. The van der Waals surface area contributed by atoms with Crippen molar-refractivity contribution in [2.75, 3.05) is 19.5 Å². The summed E-state index contributed by atoms with van der Waals surface area (Å²) in [4.78, 5) is 0.292. The summed E-state index contributed by atoms with van der Waals surface area (Å²) < 4.78 is 28.9. The van der Waals surface area contributed by atoms with Crippen LogP contribution in [0.25, 0.3) is 0 Å². The van der Waals surface area contributed by atoms with E-state index in [4.69, 9.17) is 9.84 Å². The number of ether oxygens (including phenoxy) is 1. The van der Waals surface area contributed by atoms with Gasteiger partial charge in [-0.3, -0.25) is 0 Å². The Morgan fingerprint density at radius 2 is 2.00 bits per heavy atom. The largest absolute Gasteiger partial charge is 0.497 e. The molecule has 1 aromatic carbocycles. The third-order valence-electron chi connectivity index (χ3n) is 2.47. The number of sulfone groups is 1. The van der Waals surface area contributed by atoms with Crippen LogP contribution in [0, 0.1) is 0 Å². The number of benzene rings is 1. The van der Waals surface area contributed by atoms with Crippen molar-refractivity contribution < 1.29 is 18.3 Å². The van der Waals surface area contributed by atoms with Crippen molar-refractivity contribution in [2.45, 2.75) is 24.2 Å². The van der Waals surface area contributed by atoms with Gasteiger partial charge in [0.15, 0.2) is 9.84 Å². The molecule has 4 nitrogen and oxygen atoms in total. The normalized spacial score (nSPS) is 11.4. The molecule has 0 saturated carbocycles. The molecule has 0 aliphatic carbocycles. The third kappa shape index (κ3) is 4.36. The van der Waals surface area contributed by atoms with Crippen molar-refractivity contribution in [3.8, 4) is 5.75 Å². The lowest BCUT2D eigenvalue weighted by Crippen LogP contribution is -2.07. The molecule has 0 saturated heterocycles. The third-order valence-corrected chi connectivity index (χ3v) is 4.27. The summed E-state index contributed by atoms with van der Waals surface area (Å²) in [6.07, 6.45) is 1.94. The quantitative estimate of drug-likeness (QED) is 0.755. The zero-order chi connectivity index (χ0) is 12.7. The van der Waals surface area contributed by atoms with Crippen LogP contribution in [-0.2, 0) is 9.84 Å². The molecular formula is C12H18O4S. The van der Waals surface area contributed by atoms with Crippen LogP contribution in [-0.4, -0.2) is 33.0 Å². The first-order valence-corrected chi connectivity index (χ1v) is 7.23. The molecule has 0 radical (unpaired) electrons. The molecule has 96 valence electrons. The number of rotatable bonds is 7. The van der Waals surface area contributed by atoms with Crippen molar-refractivity contribution in [2.24, 2.45) is 0 Å². The second-order valence-electron chi connectivity index (χ2n) is 3.78. The summed E-state index contributed by atoms with van der Waals surface area (Å²) in [6.45, 7) is 0.110. The number of unbranched alkanes of at least 4 members (excludes halogenated alkanes) is 2. The van der Waals surface area contributed by atoms with Crippen molar-refractivity contribution in [3.63, 3.8) is 0 Å². The van der Waals surface area contributed by atoms with Crippen molar-refractivity contribution in [1.82, 2.24) is 0 Å². The van der Waals surface area contributed by atoms with Crippen LogP contribution in [0.4, 0.5) is 0 Å². The van der Waals surface area contributed by atoms with E-state index in [-0.39, 0.29) is 12.4 Å². The van der Waals surface area contributed by atoms with E-state index in [1.54, 1.807) is 18.2 Å². The van der Waals surface area contributed by atoms with E-state index in [1.165, 1.54) is 13.2 Å². The van der Waals surface area contributed by atoms with Gasteiger partial charge in [-0.05, 0) is 31.0 Å². The monoisotopic (exact) mass is 258 g/mol. The lowest BCUT2D eigenvalue weighted by Gasteiger charge is -2.06. The molecule has 0 spiro atoms. The second-order valence-corrected chi connectivity index (χ2v) is 5.89. The van der Waals surface area contributed by atoms with Gasteiger partial charge in [-0.1, -0.05) is 12.5 Å². The van der Waals surface area contributed by atoms with E-state index in [9.17, 15) is 8.42 Å². The van der Waals surface area contributed by atoms with Crippen molar-refractivity contribution >= 4 is 9.84 Å². The van der Waals surface area contributed by atoms with Crippen LogP contribution in [0.1, 0.15) is 19.3 Å². The minimum absolute atomic E-state index is 0.110. The van der Waals surface area contributed by atoms with Gasteiger partial charge in [0, 0.05) is 6.61 Å². The molecule has 0 aliphatic rings. The highest BCUT2D eigenvalue weighted by Gasteiger charge is 2.14. The molecule has 0 heterocycles. The highest BCUT2D eigenvalue weighted by Crippen LogP contribution is 2.19. The minimum Gasteiger partial charge on any atom is -0.497 e. The van der Waals surface area contributed by atoms with Crippen LogP contribution in [0.15, 0.2) is 29.2 Å². The van der Waals surface area contributed by atoms with Gasteiger partial charge in [0.25, 0.3) is 0 Å². The molecule has 0 aliphatic heterocycles. The summed E-state index contributed by atoms with van der Waals surface area (Å²) in [5.41, 5.74) is 0. The average molecular weight is 258 g/mol.